The molecule has 0 saturated heterocycles. The van der Waals surface area contributed by atoms with Crippen molar-refractivity contribution in [2.24, 2.45) is 0 Å². The predicted octanol–water partition coefficient (Wildman–Crippen LogP) is 2.64. The Hall–Kier alpha value is -2.98. The van der Waals surface area contributed by atoms with Crippen LogP contribution in [0.25, 0.3) is 10.9 Å². The summed E-state index contributed by atoms with van der Waals surface area (Å²) in [4.78, 5) is 36.5. The summed E-state index contributed by atoms with van der Waals surface area (Å²) in [5, 5.41) is 10.0. The maximum absolute atomic E-state index is 11.4. The quantitative estimate of drug-likeness (QED) is 0.436. The SMILES string of the molecule is O=C(n1ccnc1)n1ccnc1.O=c1[nH]cnc2c(O)c(Cl)c(Br)cc12. The van der Waals surface area contributed by atoms with Crippen molar-refractivity contribution in [1.82, 2.24) is 29.1 Å². The summed E-state index contributed by atoms with van der Waals surface area (Å²) in [5.74, 6) is -0.192. The molecule has 0 unspecified atom stereocenters. The number of nitrogens with one attached hydrogen (secondary N) is 1. The Morgan fingerprint density at radius 2 is 1.81 bits per heavy atom. The van der Waals surface area contributed by atoms with Gasteiger partial charge in [0.15, 0.2) is 5.75 Å². The third kappa shape index (κ3) is 3.51. The van der Waals surface area contributed by atoms with E-state index in [1.54, 1.807) is 24.8 Å². The number of aromatic amines is 1. The lowest BCUT2D eigenvalue weighted by molar-refractivity contribution is 0.244. The number of aromatic hydroxyl groups is 1. The molecule has 11 heteroatoms. The van der Waals surface area contributed by atoms with Crippen molar-refractivity contribution < 1.29 is 9.90 Å². The minimum atomic E-state index is -0.317. The van der Waals surface area contributed by atoms with Crippen LogP contribution in [0.2, 0.25) is 5.02 Å². The van der Waals surface area contributed by atoms with E-state index >= 15 is 0 Å². The number of hydrogen-bond acceptors (Lipinski definition) is 6. The van der Waals surface area contributed by atoms with Crippen molar-refractivity contribution in [1.29, 1.82) is 0 Å². The van der Waals surface area contributed by atoms with Gasteiger partial charge in [0.2, 0.25) is 0 Å². The number of imidazole rings is 2. The molecule has 2 N–H and O–H groups in total. The Morgan fingerprint density at radius 1 is 1.19 bits per heavy atom. The highest BCUT2D eigenvalue weighted by Crippen LogP contribution is 2.35. The molecule has 4 rings (SSSR count). The molecule has 0 aliphatic carbocycles. The van der Waals surface area contributed by atoms with Gasteiger partial charge in [-0.1, -0.05) is 11.6 Å². The van der Waals surface area contributed by atoms with E-state index in [1.165, 1.54) is 34.2 Å². The molecule has 3 aromatic heterocycles. The summed E-state index contributed by atoms with van der Waals surface area (Å²) in [6.45, 7) is 0. The van der Waals surface area contributed by atoms with Gasteiger partial charge in [-0.05, 0) is 22.0 Å². The standard InChI is InChI=1S/C8H4BrClN2O2.C7H6N4O/c9-4-1-3-6(7(13)5(4)10)11-2-12-8(3)14;12-7(10-3-1-8-5-10)11-4-2-9-6-11/h1-2,13H,(H,11,12,14);1-6H. The monoisotopic (exact) mass is 436 g/mol. The van der Waals surface area contributed by atoms with Crippen LogP contribution in [0.1, 0.15) is 0 Å². The fourth-order valence-corrected chi connectivity index (χ4v) is 2.58. The number of carbonyl (C=O) groups is 1. The molecule has 0 spiro atoms. The Morgan fingerprint density at radius 3 is 2.35 bits per heavy atom. The van der Waals surface area contributed by atoms with Crippen LogP contribution in [0, 0.1) is 0 Å². The number of carbonyl (C=O) groups excluding carboxylic acids is 1. The van der Waals surface area contributed by atoms with Crippen LogP contribution in [-0.4, -0.2) is 40.2 Å². The van der Waals surface area contributed by atoms with Crippen LogP contribution in [-0.2, 0) is 0 Å². The summed E-state index contributed by atoms with van der Waals surface area (Å²) in [7, 11) is 0. The second-order valence-electron chi connectivity index (χ2n) is 4.87. The maximum Gasteiger partial charge on any atom is 0.338 e. The van der Waals surface area contributed by atoms with E-state index in [4.69, 9.17) is 11.6 Å². The van der Waals surface area contributed by atoms with E-state index in [2.05, 4.69) is 35.9 Å². The number of rotatable bonds is 0. The zero-order valence-corrected chi connectivity index (χ0v) is 15.2. The number of hydrogen-bond donors (Lipinski definition) is 2. The minimum absolute atomic E-state index is 0.149. The van der Waals surface area contributed by atoms with Crippen LogP contribution in [0.15, 0.2) is 59.1 Å². The van der Waals surface area contributed by atoms with E-state index in [0.29, 0.717) is 9.86 Å². The largest absolute Gasteiger partial charge is 0.504 e. The van der Waals surface area contributed by atoms with E-state index in [0.717, 1.165) is 0 Å². The summed E-state index contributed by atoms with van der Waals surface area (Å²) >= 11 is 8.89. The Bertz CT molecular complexity index is 1070. The molecular weight excluding hydrogens is 428 g/mol. The number of benzene rings is 1. The Labute approximate surface area is 159 Å². The number of aromatic nitrogens is 6. The van der Waals surface area contributed by atoms with Gasteiger partial charge >= 0.3 is 6.03 Å². The average molecular weight is 438 g/mol. The summed E-state index contributed by atoms with van der Waals surface area (Å²) < 4.78 is 3.21. The molecule has 3 heterocycles. The molecule has 9 nitrogen and oxygen atoms in total. The smallest absolute Gasteiger partial charge is 0.338 e. The van der Waals surface area contributed by atoms with E-state index < -0.39 is 0 Å². The summed E-state index contributed by atoms with van der Waals surface area (Å²) in [5.41, 5.74) is -0.121. The number of fused-ring (bicyclic) bond motifs is 1. The molecule has 0 fully saturated rings. The third-order valence-corrected chi connectivity index (χ3v) is 4.49. The summed E-state index contributed by atoms with van der Waals surface area (Å²) in [6, 6.07) is 1.33. The topological polar surface area (TPSA) is 119 Å². The predicted molar refractivity (Wildman–Crippen MR) is 97.4 cm³/mol. The number of phenolic OH excluding ortho intramolecular Hbond substituents is 1. The number of halogens is 2. The van der Waals surface area contributed by atoms with E-state index in [9.17, 15) is 14.7 Å². The van der Waals surface area contributed by atoms with Crippen LogP contribution < -0.4 is 5.56 Å². The molecule has 0 bridgehead atoms. The lowest BCUT2D eigenvalue weighted by atomic mass is 10.2. The molecule has 1 aromatic carbocycles. The maximum atomic E-state index is 11.4. The Kier molecular flexibility index (Phi) is 5.14. The van der Waals surface area contributed by atoms with Gasteiger partial charge in [0.05, 0.1) is 16.7 Å². The van der Waals surface area contributed by atoms with Crippen molar-refractivity contribution in [2.75, 3.05) is 0 Å². The average Bonchev–Trinajstić information content (AvgIpc) is 3.34. The molecule has 26 heavy (non-hydrogen) atoms. The Balaban J connectivity index is 0.000000152. The van der Waals surface area contributed by atoms with Gasteiger partial charge in [-0.15, -0.1) is 0 Å². The molecule has 4 aromatic rings. The zero-order valence-electron chi connectivity index (χ0n) is 12.9. The molecular formula is C15H10BrClN6O3. The fourth-order valence-electron chi connectivity index (χ4n) is 2.02. The van der Waals surface area contributed by atoms with Gasteiger partial charge in [-0.25, -0.2) is 19.7 Å². The molecule has 0 amide bonds. The summed E-state index contributed by atoms with van der Waals surface area (Å²) in [6.07, 6.45) is 10.4. The first-order valence-corrected chi connectivity index (χ1v) is 8.21. The minimum Gasteiger partial charge on any atom is -0.504 e. The van der Waals surface area contributed by atoms with Crippen molar-refractivity contribution in [3.63, 3.8) is 0 Å². The van der Waals surface area contributed by atoms with Crippen molar-refractivity contribution in [2.45, 2.75) is 0 Å². The fraction of sp³-hybridized carbons (Fsp3) is 0. The number of phenols is 1. The molecule has 0 radical (unpaired) electrons. The second kappa shape index (κ2) is 7.50. The number of H-pyrrole nitrogens is 1. The van der Waals surface area contributed by atoms with Gasteiger partial charge in [-0.2, -0.15) is 0 Å². The first-order chi connectivity index (χ1) is 12.5. The van der Waals surface area contributed by atoms with Crippen LogP contribution in [0.4, 0.5) is 4.79 Å². The van der Waals surface area contributed by atoms with Crippen LogP contribution in [0.3, 0.4) is 0 Å². The normalized spacial score (nSPS) is 10.4. The lowest BCUT2D eigenvalue weighted by Crippen LogP contribution is -2.15. The highest BCUT2D eigenvalue weighted by atomic mass is 79.9. The first-order valence-electron chi connectivity index (χ1n) is 7.04. The van der Waals surface area contributed by atoms with Gasteiger partial charge in [0.1, 0.15) is 18.2 Å². The molecule has 0 saturated carbocycles. The second-order valence-corrected chi connectivity index (χ2v) is 6.10. The van der Waals surface area contributed by atoms with Gasteiger partial charge < -0.3 is 10.1 Å². The van der Waals surface area contributed by atoms with Crippen molar-refractivity contribution in [3.05, 3.63) is 69.7 Å². The van der Waals surface area contributed by atoms with Gasteiger partial charge in [0.25, 0.3) is 5.56 Å². The zero-order chi connectivity index (χ0) is 18.7. The lowest BCUT2D eigenvalue weighted by Gasteiger charge is -2.02. The van der Waals surface area contributed by atoms with E-state index in [-0.39, 0.29) is 27.9 Å². The highest BCUT2D eigenvalue weighted by molar-refractivity contribution is 9.10. The highest BCUT2D eigenvalue weighted by Gasteiger charge is 2.12. The van der Waals surface area contributed by atoms with E-state index in [1.807, 2.05) is 0 Å². The van der Waals surface area contributed by atoms with Crippen LogP contribution >= 0.6 is 27.5 Å². The van der Waals surface area contributed by atoms with Gasteiger partial charge in [0, 0.05) is 29.3 Å². The molecule has 0 aliphatic rings. The van der Waals surface area contributed by atoms with Crippen molar-refractivity contribution in [3.8, 4) is 5.75 Å². The third-order valence-electron chi connectivity index (χ3n) is 3.25. The molecule has 0 atom stereocenters. The molecule has 132 valence electrons. The molecule has 0 aliphatic heterocycles. The van der Waals surface area contributed by atoms with Crippen molar-refractivity contribution >= 4 is 44.5 Å². The van der Waals surface area contributed by atoms with Crippen LogP contribution in [0.5, 0.6) is 5.75 Å². The number of nitrogens with zero attached hydrogens (tertiary/aromatic N) is 5. The first kappa shape index (κ1) is 17.8. The van der Waals surface area contributed by atoms with Gasteiger partial charge in [-0.3, -0.25) is 13.9 Å².